The molecule has 0 bridgehead atoms. The zero-order valence-electron chi connectivity index (χ0n) is 13.1. The summed E-state index contributed by atoms with van der Waals surface area (Å²) in [6.45, 7) is -0.0656. The molecule has 2 saturated carbocycles. The lowest BCUT2D eigenvalue weighted by Crippen LogP contribution is -2.38. The summed E-state index contributed by atoms with van der Waals surface area (Å²) in [4.78, 5) is 12.9. The summed E-state index contributed by atoms with van der Waals surface area (Å²) in [5.74, 6) is 0.548. The van der Waals surface area contributed by atoms with Crippen LogP contribution in [-0.2, 0) is 5.72 Å². The Morgan fingerprint density at radius 1 is 1.29 bits per heavy atom. The molecule has 0 aromatic carbocycles. The Balaban J connectivity index is 0.00000104. The van der Waals surface area contributed by atoms with Crippen molar-refractivity contribution in [2.24, 2.45) is 5.92 Å². The van der Waals surface area contributed by atoms with Crippen LogP contribution in [0.4, 0.5) is 11.8 Å². The van der Waals surface area contributed by atoms with Gasteiger partial charge in [-0.2, -0.15) is 9.97 Å². The molecule has 0 saturated heterocycles. The van der Waals surface area contributed by atoms with Crippen LogP contribution in [0.2, 0.25) is 0 Å². The SMILES string of the molecule is Cl.Cl.Nc1nc(NC2CC2)c2ncn(C3(O)CCCC3CO)c2n1. The summed E-state index contributed by atoms with van der Waals surface area (Å²) in [7, 11) is 0. The Morgan fingerprint density at radius 2 is 2.04 bits per heavy atom. The molecule has 0 amide bonds. The summed E-state index contributed by atoms with van der Waals surface area (Å²) >= 11 is 0. The van der Waals surface area contributed by atoms with E-state index >= 15 is 0 Å². The quantitative estimate of drug-likeness (QED) is 0.633. The van der Waals surface area contributed by atoms with Crippen LogP contribution >= 0.6 is 24.8 Å². The van der Waals surface area contributed by atoms with E-state index < -0.39 is 5.72 Å². The van der Waals surface area contributed by atoms with Crippen LogP contribution in [0, 0.1) is 5.92 Å². The monoisotopic (exact) mass is 376 g/mol. The number of nitrogens with two attached hydrogens (primary N) is 1. The maximum atomic E-state index is 11.0. The van der Waals surface area contributed by atoms with Crippen LogP contribution in [0.1, 0.15) is 32.1 Å². The van der Waals surface area contributed by atoms with Gasteiger partial charge < -0.3 is 21.3 Å². The highest BCUT2D eigenvalue weighted by Crippen LogP contribution is 2.41. The van der Waals surface area contributed by atoms with Crippen LogP contribution in [-0.4, -0.2) is 42.4 Å². The molecular weight excluding hydrogens is 355 g/mol. The van der Waals surface area contributed by atoms with Crippen molar-refractivity contribution in [1.82, 2.24) is 19.5 Å². The molecule has 134 valence electrons. The molecule has 2 aliphatic carbocycles. The van der Waals surface area contributed by atoms with E-state index in [-0.39, 0.29) is 43.3 Å². The normalized spacial score (nSPS) is 26.0. The first-order valence-electron chi connectivity index (χ1n) is 7.72. The molecule has 2 unspecified atom stereocenters. The molecule has 0 radical (unpaired) electrons. The van der Waals surface area contributed by atoms with Gasteiger partial charge in [-0.25, -0.2) is 4.98 Å². The molecule has 0 aliphatic heterocycles. The van der Waals surface area contributed by atoms with E-state index in [9.17, 15) is 10.2 Å². The molecule has 24 heavy (non-hydrogen) atoms. The van der Waals surface area contributed by atoms with E-state index in [1.165, 1.54) is 0 Å². The van der Waals surface area contributed by atoms with E-state index in [2.05, 4.69) is 20.3 Å². The molecule has 10 heteroatoms. The number of nitrogen functional groups attached to an aromatic ring is 1. The number of halogens is 2. The van der Waals surface area contributed by atoms with Crippen molar-refractivity contribution in [3.63, 3.8) is 0 Å². The first kappa shape index (κ1) is 19.0. The number of nitrogens with one attached hydrogen (secondary N) is 1. The fraction of sp³-hybridized carbons (Fsp3) is 0.643. The first-order valence-corrected chi connectivity index (χ1v) is 7.72. The van der Waals surface area contributed by atoms with Crippen LogP contribution in [0.15, 0.2) is 6.33 Å². The van der Waals surface area contributed by atoms with Gasteiger partial charge in [0.25, 0.3) is 0 Å². The number of hydrogen-bond acceptors (Lipinski definition) is 7. The van der Waals surface area contributed by atoms with E-state index in [4.69, 9.17) is 5.73 Å². The topological polar surface area (TPSA) is 122 Å². The minimum Gasteiger partial charge on any atom is -0.396 e. The molecule has 2 aromatic rings. The summed E-state index contributed by atoms with van der Waals surface area (Å²) < 4.78 is 1.65. The van der Waals surface area contributed by atoms with E-state index in [1.54, 1.807) is 10.9 Å². The Bertz CT molecular complexity index is 723. The Labute approximate surface area is 151 Å². The van der Waals surface area contributed by atoms with Gasteiger partial charge in [0, 0.05) is 12.0 Å². The fourth-order valence-electron chi connectivity index (χ4n) is 3.32. The van der Waals surface area contributed by atoms with Gasteiger partial charge in [0.2, 0.25) is 5.95 Å². The molecular formula is C14H22Cl2N6O2. The zero-order valence-corrected chi connectivity index (χ0v) is 14.7. The number of aliphatic hydroxyl groups excluding tert-OH is 1. The lowest BCUT2D eigenvalue weighted by atomic mass is 10.0. The van der Waals surface area contributed by atoms with Crippen molar-refractivity contribution < 1.29 is 10.2 Å². The number of rotatable bonds is 4. The Morgan fingerprint density at radius 3 is 2.71 bits per heavy atom. The number of anilines is 2. The van der Waals surface area contributed by atoms with Crippen molar-refractivity contribution in [2.45, 2.75) is 43.9 Å². The predicted octanol–water partition coefficient (Wildman–Crippen LogP) is 1.26. The van der Waals surface area contributed by atoms with Crippen molar-refractivity contribution in [2.75, 3.05) is 17.7 Å². The van der Waals surface area contributed by atoms with Gasteiger partial charge >= 0.3 is 0 Å². The smallest absolute Gasteiger partial charge is 0.224 e. The van der Waals surface area contributed by atoms with Crippen molar-refractivity contribution in [3.05, 3.63) is 6.33 Å². The summed E-state index contributed by atoms with van der Waals surface area (Å²) in [6.07, 6.45) is 6.00. The molecule has 5 N–H and O–H groups in total. The number of aliphatic hydroxyl groups is 2. The molecule has 2 atom stereocenters. The van der Waals surface area contributed by atoms with E-state index in [0.717, 1.165) is 25.7 Å². The number of aromatic nitrogens is 4. The summed E-state index contributed by atoms with van der Waals surface area (Å²) in [5, 5.41) is 23.9. The van der Waals surface area contributed by atoms with Crippen LogP contribution in [0.3, 0.4) is 0 Å². The molecule has 4 rings (SSSR count). The molecule has 8 nitrogen and oxygen atoms in total. The second-order valence-corrected chi connectivity index (χ2v) is 6.29. The lowest BCUT2D eigenvalue weighted by molar-refractivity contribution is -0.0844. The van der Waals surface area contributed by atoms with E-state index in [0.29, 0.717) is 29.4 Å². The number of nitrogens with zero attached hydrogens (tertiary/aromatic N) is 4. The van der Waals surface area contributed by atoms with Crippen molar-refractivity contribution >= 4 is 47.7 Å². The van der Waals surface area contributed by atoms with Gasteiger partial charge in [-0.3, -0.25) is 4.57 Å². The van der Waals surface area contributed by atoms with Crippen molar-refractivity contribution in [3.8, 4) is 0 Å². The van der Waals surface area contributed by atoms with Gasteiger partial charge in [0.15, 0.2) is 17.0 Å². The highest BCUT2D eigenvalue weighted by molar-refractivity contribution is 5.86. The Hall–Kier alpha value is -1.35. The van der Waals surface area contributed by atoms with Crippen molar-refractivity contribution in [1.29, 1.82) is 0 Å². The second-order valence-electron chi connectivity index (χ2n) is 6.29. The minimum absolute atomic E-state index is 0. The van der Waals surface area contributed by atoms with Gasteiger partial charge in [0.1, 0.15) is 5.72 Å². The third kappa shape index (κ3) is 2.99. The summed E-state index contributed by atoms with van der Waals surface area (Å²) in [5.41, 5.74) is 5.78. The average molecular weight is 377 g/mol. The molecule has 2 heterocycles. The molecule has 2 aromatic heterocycles. The Kier molecular flexibility index (Phi) is 5.44. The maximum absolute atomic E-state index is 11.0. The van der Waals surface area contributed by atoms with Crippen LogP contribution in [0.25, 0.3) is 11.2 Å². The van der Waals surface area contributed by atoms with Gasteiger partial charge in [-0.15, -0.1) is 24.8 Å². The van der Waals surface area contributed by atoms with Crippen LogP contribution in [0.5, 0.6) is 0 Å². The number of imidazole rings is 1. The van der Waals surface area contributed by atoms with Gasteiger partial charge in [-0.1, -0.05) is 0 Å². The third-order valence-electron chi connectivity index (χ3n) is 4.72. The number of fused-ring (bicyclic) bond motifs is 1. The zero-order chi connectivity index (χ0) is 15.3. The highest BCUT2D eigenvalue weighted by Gasteiger charge is 2.43. The highest BCUT2D eigenvalue weighted by atomic mass is 35.5. The molecule has 2 aliphatic rings. The van der Waals surface area contributed by atoms with Gasteiger partial charge in [0.05, 0.1) is 12.9 Å². The van der Waals surface area contributed by atoms with Crippen LogP contribution < -0.4 is 11.1 Å². The second kappa shape index (κ2) is 6.87. The average Bonchev–Trinajstić information content (AvgIpc) is 3.06. The molecule has 0 spiro atoms. The van der Waals surface area contributed by atoms with Gasteiger partial charge in [-0.05, 0) is 32.1 Å². The fourth-order valence-corrected chi connectivity index (χ4v) is 3.32. The lowest BCUT2D eigenvalue weighted by Gasteiger charge is -2.30. The van der Waals surface area contributed by atoms with E-state index in [1.807, 2.05) is 0 Å². The predicted molar refractivity (Wildman–Crippen MR) is 95.5 cm³/mol. The number of hydrogen-bond donors (Lipinski definition) is 4. The summed E-state index contributed by atoms with van der Waals surface area (Å²) in [6, 6.07) is 0.419. The minimum atomic E-state index is -1.17. The maximum Gasteiger partial charge on any atom is 0.224 e. The third-order valence-corrected chi connectivity index (χ3v) is 4.72. The largest absolute Gasteiger partial charge is 0.396 e. The standard InChI is InChI=1S/C14H20N6O2.2ClH/c15-13-18-11(17-9-3-4-9)10-12(19-13)20(7-16-10)14(22)5-1-2-8(14)6-21;;/h7-9,21-22H,1-6H2,(H3,15,17,18,19);2*1H. The first-order chi connectivity index (χ1) is 10.6. The molecule has 2 fully saturated rings.